The summed E-state index contributed by atoms with van der Waals surface area (Å²) in [5.74, 6) is -0.373. The summed E-state index contributed by atoms with van der Waals surface area (Å²) in [6, 6.07) is 13.0. The molecule has 0 saturated heterocycles. The smallest absolute Gasteiger partial charge is 0.348 e. The quantitative estimate of drug-likeness (QED) is 0.465. The molecule has 0 atom stereocenters. The third kappa shape index (κ3) is 5.70. The maximum absolute atomic E-state index is 12.5. The number of rotatable bonds is 8. The van der Waals surface area contributed by atoms with Crippen LogP contribution >= 0.6 is 11.3 Å². The van der Waals surface area contributed by atoms with Gasteiger partial charge < -0.3 is 14.8 Å². The fourth-order valence-corrected chi connectivity index (χ4v) is 5.98. The minimum absolute atomic E-state index is 0.00465. The molecule has 8 nitrogen and oxygen atoms in total. The van der Waals surface area contributed by atoms with Gasteiger partial charge in [0.25, 0.3) is 5.91 Å². The summed E-state index contributed by atoms with van der Waals surface area (Å²) >= 11 is 1.32. The van der Waals surface area contributed by atoms with Gasteiger partial charge in [-0.2, -0.15) is 0 Å². The van der Waals surface area contributed by atoms with E-state index in [1.165, 1.54) is 42.7 Å². The average Bonchev–Trinajstić information content (AvgIpc) is 3.46. The number of hydrogen-bond acceptors (Lipinski definition) is 7. The molecular formula is C23H24N2O6S2. The molecule has 10 heteroatoms. The summed E-state index contributed by atoms with van der Waals surface area (Å²) in [6.45, 7) is -0.235. The molecule has 1 heterocycles. The van der Waals surface area contributed by atoms with Crippen molar-refractivity contribution < 1.29 is 27.5 Å². The van der Waals surface area contributed by atoms with E-state index in [4.69, 9.17) is 9.47 Å². The van der Waals surface area contributed by atoms with E-state index < -0.39 is 16.0 Å². The molecule has 33 heavy (non-hydrogen) atoms. The van der Waals surface area contributed by atoms with Crippen LogP contribution in [0.3, 0.4) is 0 Å². The predicted molar refractivity (Wildman–Crippen MR) is 126 cm³/mol. The van der Waals surface area contributed by atoms with Gasteiger partial charge in [0.05, 0.1) is 12.0 Å². The van der Waals surface area contributed by atoms with Crippen molar-refractivity contribution in [2.24, 2.45) is 0 Å². The first-order valence-corrected chi connectivity index (χ1v) is 12.8. The highest BCUT2D eigenvalue weighted by atomic mass is 32.2. The number of carbonyl (C=O) groups is 2. The van der Waals surface area contributed by atoms with E-state index >= 15 is 0 Å². The van der Waals surface area contributed by atoms with Crippen LogP contribution in [0.5, 0.6) is 5.75 Å². The second-order valence-corrected chi connectivity index (χ2v) is 10.6. The number of sulfonamides is 1. The number of esters is 1. The van der Waals surface area contributed by atoms with Crippen molar-refractivity contribution in [3.8, 4) is 5.75 Å². The van der Waals surface area contributed by atoms with E-state index in [1.807, 2.05) is 6.07 Å². The minimum Gasteiger partial charge on any atom is -0.484 e. The van der Waals surface area contributed by atoms with Crippen molar-refractivity contribution in [2.75, 3.05) is 19.0 Å². The summed E-state index contributed by atoms with van der Waals surface area (Å²) in [6.07, 6.45) is 3.80. The van der Waals surface area contributed by atoms with Gasteiger partial charge in [0, 0.05) is 16.4 Å². The van der Waals surface area contributed by atoms with Gasteiger partial charge in [-0.05, 0) is 66.8 Å². The number of anilines is 1. The SMILES string of the molecule is COC(=O)c1cc2cc(NC(=O)COc3ccc(S(=O)(=O)NC4CCCC4)cc3)ccc2s1. The molecule has 1 amide bonds. The molecule has 3 aromatic rings. The lowest BCUT2D eigenvalue weighted by Crippen LogP contribution is -2.32. The molecule has 1 aliphatic carbocycles. The Labute approximate surface area is 195 Å². The van der Waals surface area contributed by atoms with Crippen LogP contribution in [0.15, 0.2) is 53.4 Å². The molecule has 0 unspecified atom stereocenters. The van der Waals surface area contributed by atoms with Gasteiger partial charge in [-0.1, -0.05) is 12.8 Å². The number of methoxy groups -OCH3 is 1. The molecule has 0 spiro atoms. The van der Waals surface area contributed by atoms with Crippen LogP contribution in [0.2, 0.25) is 0 Å². The molecule has 2 N–H and O–H groups in total. The molecule has 1 aromatic heterocycles. The van der Waals surface area contributed by atoms with Gasteiger partial charge in [0.15, 0.2) is 6.61 Å². The van der Waals surface area contributed by atoms with Crippen LogP contribution in [-0.4, -0.2) is 40.1 Å². The first-order valence-electron chi connectivity index (χ1n) is 10.5. The Morgan fingerprint density at radius 3 is 2.48 bits per heavy atom. The molecule has 1 saturated carbocycles. The molecule has 0 aliphatic heterocycles. The lowest BCUT2D eigenvalue weighted by molar-refractivity contribution is -0.118. The zero-order chi connectivity index (χ0) is 23.4. The topological polar surface area (TPSA) is 111 Å². The number of ether oxygens (including phenoxy) is 2. The van der Waals surface area contributed by atoms with E-state index in [2.05, 4.69) is 10.0 Å². The van der Waals surface area contributed by atoms with Crippen LogP contribution < -0.4 is 14.8 Å². The normalized spacial score (nSPS) is 14.3. The summed E-state index contributed by atoms with van der Waals surface area (Å²) < 4.78 is 38.8. The van der Waals surface area contributed by atoms with E-state index in [1.54, 1.807) is 18.2 Å². The summed E-state index contributed by atoms with van der Waals surface area (Å²) in [5.41, 5.74) is 0.574. The van der Waals surface area contributed by atoms with Gasteiger partial charge in [0.2, 0.25) is 10.0 Å². The fourth-order valence-electron chi connectivity index (χ4n) is 3.71. The number of fused-ring (bicyclic) bond motifs is 1. The Hall–Kier alpha value is -2.95. The monoisotopic (exact) mass is 488 g/mol. The van der Waals surface area contributed by atoms with E-state index in [0.29, 0.717) is 16.3 Å². The largest absolute Gasteiger partial charge is 0.484 e. The number of hydrogen-bond donors (Lipinski definition) is 2. The highest BCUT2D eigenvalue weighted by molar-refractivity contribution is 7.89. The molecule has 1 fully saturated rings. The second kappa shape index (κ2) is 9.90. The fraction of sp³-hybridized carbons (Fsp3) is 0.304. The molecule has 1 aliphatic rings. The van der Waals surface area contributed by atoms with Crippen LogP contribution in [0.4, 0.5) is 5.69 Å². The Morgan fingerprint density at radius 2 is 1.79 bits per heavy atom. The van der Waals surface area contributed by atoms with Gasteiger partial charge in [-0.15, -0.1) is 11.3 Å². The van der Waals surface area contributed by atoms with E-state index in [-0.39, 0.29) is 23.5 Å². The Balaban J connectivity index is 1.32. The van der Waals surface area contributed by atoms with Crippen molar-refractivity contribution in [3.63, 3.8) is 0 Å². The van der Waals surface area contributed by atoms with Gasteiger partial charge in [-0.25, -0.2) is 17.9 Å². The first-order chi connectivity index (χ1) is 15.8. The lowest BCUT2D eigenvalue weighted by atomic mass is 10.2. The van der Waals surface area contributed by atoms with Gasteiger partial charge in [-0.3, -0.25) is 4.79 Å². The van der Waals surface area contributed by atoms with Crippen molar-refractivity contribution in [1.29, 1.82) is 0 Å². The molecule has 2 aromatic carbocycles. The summed E-state index contributed by atoms with van der Waals surface area (Å²) in [5, 5.41) is 3.57. The zero-order valence-corrected chi connectivity index (χ0v) is 19.6. The first kappa shape index (κ1) is 23.2. The maximum Gasteiger partial charge on any atom is 0.348 e. The maximum atomic E-state index is 12.5. The van der Waals surface area contributed by atoms with Crippen LogP contribution in [0, 0.1) is 0 Å². The van der Waals surface area contributed by atoms with Crippen molar-refractivity contribution >= 4 is 49.0 Å². The van der Waals surface area contributed by atoms with E-state index in [0.717, 1.165) is 35.8 Å². The molecule has 174 valence electrons. The number of nitrogens with one attached hydrogen (secondary N) is 2. The lowest BCUT2D eigenvalue weighted by Gasteiger charge is -2.13. The summed E-state index contributed by atoms with van der Waals surface area (Å²) in [7, 11) is -2.24. The Bertz CT molecular complexity index is 1260. The molecule has 0 bridgehead atoms. The molecule has 4 rings (SSSR count). The number of carbonyl (C=O) groups excluding carboxylic acids is 2. The van der Waals surface area contributed by atoms with Crippen molar-refractivity contribution in [1.82, 2.24) is 4.72 Å². The third-order valence-electron chi connectivity index (χ3n) is 5.37. The van der Waals surface area contributed by atoms with E-state index in [9.17, 15) is 18.0 Å². The average molecular weight is 489 g/mol. The number of amides is 1. The van der Waals surface area contributed by atoms with Crippen molar-refractivity contribution in [3.05, 3.63) is 53.4 Å². The van der Waals surface area contributed by atoms with Crippen LogP contribution in [-0.2, 0) is 19.6 Å². The second-order valence-electron chi connectivity index (χ2n) is 7.77. The molecule has 0 radical (unpaired) electrons. The van der Waals surface area contributed by atoms with Gasteiger partial charge >= 0.3 is 5.97 Å². The van der Waals surface area contributed by atoms with Crippen LogP contribution in [0.25, 0.3) is 10.1 Å². The Kier molecular flexibility index (Phi) is 6.96. The van der Waals surface area contributed by atoms with Gasteiger partial charge in [0.1, 0.15) is 10.6 Å². The third-order valence-corrected chi connectivity index (χ3v) is 8.00. The zero-order valence-electron chi connectivity index (χ0n) is 18.0. The number of thiophene rings is 1. The highest BCUT2D eigenvalue weighted by Gasteiger charge is 2.22. The van der Waals surface area contributed by atoms with Crippen molar-refractivity contribution in [2.45, 2.75) is 36.6 Å². The Morgan fingerprint density at radius 1 is 1.06 bits per heavy atom. The molecular weight excluding hydrogens is 464 g/mol. The van der Waals surface area contributed by atoms with Crippen LogP contribution in [0.1, 0.15) is 35.4 Å². The predicted octanol–water partition coefficient (Wildman–Crippen LogP) is 3.93. The number of benzene rings is 2. The summed E-state index contributed by atoms with van der Waals surface area (Å²) in [4.78, 5) is 24.6. The standard InChI is InChI=1S/C23H24N2O6S2/c1-30-23(27)21-13-15-12-17(6-11-20(15)32-21)24-22(26)14-31-18-7-9-19(10-8-18)33(28,29)25-16-4-2-3-5-16/h6-13,16,25H,2-5,14H2,1H3,(H,24,26). The highest BCUT2D eigenvalue weighted by Crippen LogP contribution is 2.28. The minimum atomic E-state index is -3.57.